The van der Waals surface area contributed by atoms with Gasteiger partial charge in [-0.25, -0.2) is 8.42 Å². The maximum Gasteiger partial charge on any atom is 0.225 e. The number of hydrogen-bond donors (Lipinski definition) is 0. The van der Waals surface area contributed by atoms with Crippen LogP contribution in [-0.2, 0) is 19.6 Å². The van der Waals surface area contributed by atoms with Gasteiger partial charge in [-0.05, 0) is 12.3 Å². The number of carbonyl (C=O) groups is 1. The van der Waals surface area contributed by atoms with Crippen molar-refractivity contribution < 1.29 is 17.9 Å². The van der Waals surface area contributed by atoms with Crippen LogP contribution in [-0.4, -0.2) is 68.7 Å². The monoisotopic (exact) mass is 302 g/mol. The predicted molar refractivity (Wildman–Crippen MR) is 73.5 cm³/mol. The summed E-state index contributed by atoms with van der Waals surface area (Å²) >= 11 is 0. The van der Waals surface area contributed by atoms with E-state index in [4.69, 9.17) is 4.74 Å². The molecule has 7 heteroatoms. The molecule has 1 saturated carbocycles. The third-order valence-electron chi connectivity index (χ3n) is 4.51. The standard InChI is InChI=1S/C13H22N2O4S/c1-10-6-12(10)13(16)14-7-11(8-14)9-20(17,18)15-2-4-19-5-3-15/h10-12H,2-9H2,1H3/t10-,12-/m0/s1. The lowest BCUT2D eigenvalue weighted by Crippen LogP contribution is -2.54. The van der Waals surface area contributed by atoms with Gasteiger partial charge in [0, 0.05) is 38.0 Å². The molecule has 1 amide bonds. The lowest BCUT2D eigenvalue weighted by atomic mass is 10.0. The number of morpholine rings is 1. The van der Waals surface area contributed by atoms with Gasteiger partial charge < -0.3 is 9.64 Å². The minimum atomic E-state index is -3.19. The van der Waals surface area contributed by atoms with Crippen molar-refractivity contribution in [3.05, 3.63) is 0 Å². The third-order valence-corrected chi connectivity index (χ3v) is 6.55. The van der Waals surface area contributed by atoms with E-state index in [1.807, 2.05) is 4.90 Å². The third kappa shape index (κ3) is 2.84. The van der Waals surface area contributed by atoms with Crippen molar-refractivity contribution in [2.75, 3.05) is 45.1 Å². The zero-order valence-electron chi connectivity index (χ0n) is 11.8. The van der Waals surface area contributed by atoms with Crippen LogP contribution in [0.3, 0.4) is 0 Å². The minimum Gasteiger partial charge on any atom is -0.379 e. The lowest BCUT2D eigenvalue weighted by molar-refractivity contribution is -0.138. The van der Waals surface area contributed by atoms with Gasteiger partial charge in [-0.15, -0.1) is 0 Å². The molecule has 1 aliphatic carbocycles. The average Bonchev–Trinajstić information content (AvgIpc) is 3.11. The van der Waals surface area contributed by atoms with E-state index in [2.05, 4.69) is 6.92 Å². The quantitative estimate of drug-likeness (QED) is 0.719. The first-order chi connectivity index (χ1) is 9.47. The van der Waals surface area contributed by atoms with Gasteiger partial charge in [-0.2, -0.15) is 4.31 Å². The molecule has 0 bridgehead atoms. The van der Waals surface area contributed by atoms with Gasteiger partial charge in [-0.1, -0.05) is 6.92 Å². The molecule has 3 aliphatic rings. The zero-order chi connectivity index (χ0) is 14.3. The van der Waals surface area contributed by atoms with E-state index in [1.54, 1.807) is 0 Å². The van der Waals surface area contributed by atoms with Gasteiger partial charge in [0.25, 0.3) is 0 Å². The van der Waals surface area contributed by atoms with Crippen LogP contribution in [0.4, 0.5) is 0 Å². The molecule has 0 aromatic heterocycles. The molecule has 0 radical (unpaired) electrons. The number of hydrogen-bond acceptors (Lipinski definition) is 4. The van der Waals surface area contributed by atoms with Crippen molar-refractivity contribution in [1.82, 2.24) is 9.21 Å². The Hall–Kier alpha value is -0.660. The van der Waals surface area contributed by atoms with Gasteiger partial charge in [0.2, 0.25) is 15.9 Å². The molecule has 3 fully saturated rings. The fourth-order valence-corrected chi connectivity index (χ4v) is 4.71. The van der Waals surface area contributed by atoms with Crippen LogP contribution in [0.15, 0.2) is 0 Å². The van der Waals surface area contributed by atoms with Crippen LogP contribution >= 0.6 is 0 Å². The van der Waals surface area contributed by atoms with Gasteiger partial charge in [0.1, 0.15) is 0 Å². The molecule has 0 unspecified atom stereocenters. The van der Waals surface area contributed by atoms with Crippen LogP contribution in [0.25, 0.3) is 0 Å². The Labute approximate surface area is 120 Å². The van der Waals surface area contributed by atoms with E-state index in [1.165, 1.54) is 4.31 Å². The fourth-order valence-electron chi connectivity index (χ4n) is 2.98. The summed E-state index contributed by atoms with van der Waals surface area (Å²) < 4.78 is 31.2. The second kappa shape index (κ2) is 5.27. The van der Waals surface area contributed by atoms with Crippen molar-refractivity contribution in [3.63, 3.8) is 0 Å². The summed E-state index contributed by atoms with van der Waals surface area (Å²) in [4.78, 5) is 13.8. The SMILES string of the molecule is C[C@H]1C[C@@H]1C(=O)N1CC(CS(=O)(=O)N2CCOCC2)C1. The van der Waals surface area contributed by atoms with Crippen molar-refractivity contribution in [2.24, 2.45) is 17.8 Å². The first kappa shape index (κ1) is 14.3. The van der Waals surface area contributed by atoms with Crippen LogP contribution in [0.1, 0.15) is 13.3 Å². The minimum absolute atomic E-state index is 0.0980. The van der Waals surface area contributed by atoms with Gasteiger partial charge in [0.15, 0.2) is 0 Å². The molecule has 6 nitrogen and oxygen atoms in total. The summed E-state index contributed by atoms with van der Waals surface area (Å²) in [6.45, 7) is 5.16. The number of carbonyl (C=O) groups excluding carboxylic acids is 1. The molecule has 0 spiro atoms. The number of sulfonamides is 1. The topological polar surface area (TPSA) is 66.9 Å². The molecule has 0 N–H and O–H groups in total. The number of ether oxygens (including phenoxy) is 1. The number of rotatable bonds is 4. The Morgan fingerprint density at radius 1 is 1.25 bits per heavy atom. The van der Waals surface area contributed by atoms with E-state index >= 15 is 0 Å². The second-order valence-corrected chi connectivity index (χ2v) is 8.23. The molecule has 114 valence electrons. The Kier molecular flexibility index (Phi) is 3.77. The molecular formula is C13H22N2O4S. The van der Waals surface area contributed by atoms with E-state index in [-0.39, 0.29) is 23.5 Å². The lowest BCUT2D eigenvalue weighted by Gasteiger charge is -2.40. The average molecular weight is 302 g/mol. The Bertz CT molecular complexity index is 481. The maximum atomic E-state index is 12.2. The Morgan fingerprint density at radius 2 is 1.85 bits per heavy atom. The molecule has 2 aliphatic heterocycles. The van der Waals surface area contributed by atoms with Crippen molar-refractivity contribution in [1.29, 1.82) is 0 Å². The van der Waals surface area contributed by atoms with Crippen molar-refractivity contribution in [3.8, 4) is 0 Å². The maximum absolute atomic E-state index is 12.2. The summed E-state index contributed by atoms with van der Waals surface area (Å²) in [5, 5.41) is 0. The second-order valence-electron chi connectivity index (χ2n) is 6.22. The van der Waals surface area contributed by atoms with Crippen LogP contribution in [0, 0.1) is 17.8 Å². The Balaban J connectivity index is 1.47. The number of nitrogens with zero attached hydrogens (tertiary/aromatic N) is 2. The van der Waals surface area contributed by atoms with Crippen LogP contribution in [0.2, 0.25) is 0 Å². The molecule has 20 heavy (non-hydrogen) atoms. The number of amides is 1. The van der Waals surface area contributed by atoms with Crippen molar-refractivity contribution >= 4 is 15.9 Å². The first-order valence-corrected chi connectivity index (χ1v) is 8.92. The smallest absolute Gasteiger partial charge is 0.225 e. The molecule has 2 heterocycles. The van der Waals surface area contributed by atoms with Crippen molar-refractivity contribution in [2.45, 2.75) is 13.3 Å². The van der Waals surface area contributed by atoms with E-state index in [9.17, 15) is 13.2 Å². The predicted octanol–water partition coefficient (Wildman–Crippen LogP) is -0.237. The summed E-state index contributed by atoms with van der Waals surface area (Å²) in [6, 6.07) is 0. The fraction of sp³-hybridized carbons (Fsp3) is 0.923. The van der Waals surface area contributed by atoms with Crippen LogP contribution in [0.5, 0.6) is 0 Å². The molecule has 0 aromatic rings. The first-order valence-electron chi connectivity index (χ1n) is 7.32. The summed E-state index contributed by atoms with van der Waals surface area (Å²) in [7, 11) is -3.19. The molecule has 0 aromatic carbocycles. The van der Waals surface area contributed by atoms with Crippen LogP contribution < -0.4 is 0 Å². The van der Waals surface area contributed by atoms with Gasteiger partial charge >= 0.3 is 0 Å². The van der Waals surface area contributed by atoms with E-state index < -0.39 is 10.0 Å². The summed E-state index contributed by atoms with van der Waals surface area (Å²) in [5.41, 5.74) is 0. The van der Waals surface area contributed by atoms with Gasteiger partial charge in [-0.3, -0.25) is 4.79 Å². The van der Waals surface area contributed by atoms with E-state index in [0.29, 0.717) is 45.3 Å². The highest BCUT2D eigenvalue weighted by atomic mass is 32.2. The summed E-state index contributed by atoms with van der Waals surface area (Å²) in [5.74, 6) is 1.19. The highest BCUT2D eigenvalue weighted by molar-refractivity contribution is 7.89. The molecular weight excluding hydrogens is 280 g/mol. The summed E-state index contributed by atoms with van der Waals surface area (Å²) in [6.07, 6.45) is 0.992. The number of likely N-dealkylation sites (tertiary alicyclic amines) is 1. The van der Waals surface area contributed by atoms with E-state index in [0.717, 1.165) is 6.42 Å². The normalized spacial score (nSPS) is 31.9. The van der Waals surface area contributed by atoms with Gasteiger partial charge in [0.05, 0.1) is 19.0 Å². The molecule has 3 rings (SSSR count). The highest BCUT2D eigenvalue weighted by Crippen LogP contribution is 2.40. The largest absolute Gasteiger partial charge is 0.379 e. The molecule has 2 atom stereocenters. The Morgan fingerprint density at radius 3 is 2.40 bits per heavy atom. The zero-order valence-corrected chi connectivity index (χ0v) is 12.6. The highest BCUT2D eigenvalue weighted by Gasteiger charge is 2.45. The molecule has 2 saturated heterocycles.